The van der Waals surface area contributed by atoms with Crippen molar-refractivity contribution in [2.24, 2.45) is 0 Å². The molecular weight excluding hydrogens is 291 g/mol. The molecule has 2 aliphatic rings. The first-order valence-electron chi connectivity index (χ1n) is 7.85. The van der Waals surface area contributed by atoms with Crippen LogP contribution in [0.1, 0.15) is 6.42 Å². The van der Waals surface area contributed by atoms with Gasteiger partial charge in [-0.25, -0.2) is 4.39 Å². The Labute approximate surface area is 130 Å². The Morgan fingerprint density at radius 3 is 2.59 bits per heavy atom. The highest BCUT2D eigenvalue weighted by atomic mass is 19.1. The van der Waals surface area contributed by atoms with Crippen LogP contribution in [0.3, 0.4) is 0 Å². The number of nitrogens with one attached hydrogen (secondary N) is 1. The molecule has 2 aliphatic heterocycles. The molecule has 2 heterocycles. The van der Waals surface area contributed by atoms with Gasteiger partial charge in [0.25, 0.3) is 0 Å². The number of hydrogen-bond donors (Lipinski definition) is 2. The van der Waals surface area contributed by atoms with E-state index in [1.54, 1.807) is 4.90 Å². The molecule has 0 aromatic heterocycles. The standard InChI is InChI=1S/C14H25FN4O3/c15-1-3-19-4-2-16-12(14(19)22)11-13(21)18-7-5-17(6-8-18)9-10-20/h12,16,20H,1-11H2. The summed E-state index contributed by atoms with van der Waals surface area (Å²) in [4.78, 5) is 29.8. The van der Waals surface area contributed by atoms with Crippen LogP contribution >= 0.6 is 0 Å². The van der Waals surface area contributed by atoms with E-state index in [0.29, 0.717) is 32.7 Å². The zero-order valence-electron chi connectivity index (χ0n) is 12.8. The van der Waals surface area contributed by atoms with E-state index < -0.39 is 12.7 Å². The SMILES string of the molecule is O=C(CC1NCCN(CCF)C1=O)N1CCN(CCO)CC1. The maximum Gasteiger partial charge on any atom is 0.240 e. The topological polar surface area (TPSA) is 76.1 Å². The maximum atomic E-state index is 12.4. The van der Waals surface area contributed by atoms with Crippen LogP contribution in [0.15, 0.2) is 0 Å². The minimum atomic E-state index is -0.556. The van der Waals surface area contributed by atoms with Crippen molar-refractivity contribution < 1.29 is 19.1 Å². The van der Waals surface area contributed by atoms with Gasteiger partial charge in [0.2, 0.25) is 11.8 Å². The number of carbonyl (C=O) groups excluding carboxylic acids is 2. The van der Waals surface area contributed by atoms with Crippen LogP contribution < -0.4 is 5.32 Å². The minimum Gasteiger partial charge on any atom is -0.395 e. The van der Waals surface area contributed by atoms with E-state index in [-0.39, 0.29) is 31.4 Å². The number of rotatable bonds is 6. The second-order valence-corrected chi connectivity index (χ2v) is 5.67. The fraction of sp³-hybridized carbons (Fsp3) is 0.857. The Hall–Kier alpha value is -1.25. The first kappa shape index (κ1) is 17.1. The van der Waals surface area contributed by atoms with Gasteiger partial charge < -0.3 is 20.2 Å². The Balaban J connectivity index is 1.80. The van der Waals surface area contributed by atoms with Crippen molar-refractivity contribution in [3.63, 3.8) is 0 Å². The van der Waals surface area contributed by atoms with Crippen molar-refractivity contribution in [2.45, 2.75) is 12.5 Å². The van der Waals surface area contributed by atoms with E-state index in [1.807, 2.05) is 0 Å². The van der Waals surface area contributed by atoms with Gasteiger partial charge in [0, 0.05) is 52.4 Å². The molecule has 1 unspecified atom stereocenters. The van der Waals surface area contributed by atoms with Gasteiger partial charge in [-0.15, -0.1) is 0 Å². The maximum absolute atomic E-state index is 12.4. The predicted molar refractivity (Wildman–Crippen MR) is 79.1 cm³/mol. The van der Waals surface area contributed by atoms with Crippen molar-refractivity contribution in [3.8, 4) is 0 Å². The summed E-state index contributed by atoms with van der Waals surface area (Å²) in [6.07, 6.45) is 0.127. The third-order valence-electron chi connectivity index (χ3n) is 4.26. The Morgan fingerprint density at radius 1 is 1.23 bits per heavy atom. The number of piperazine rings is 2. The number of alkyl halides is 1. The average molecular weight is 316 g/mol. The molecule has 2 fully saturated rings. The second-order valence-electron chi connectivity index (χ2n) is 5.67. The zero-order chi connectivity index (χ0) is 15.9. The first-order valence-corrected chi connectivity index (χ1v) is 7.85. The number of amides is 2. The van der Waals surface area contributed by atoms with Gasteiger partial charge >= 0.3 is 0 Å². The lowest BCUT2D eigenvalue weighted by molar-refractivity contribution is -0.141. The third-order valence-corrected chi connectivity index (χ3v) is 4.26. The van der Waals surface area contributed by atoms with Crippen LogP contribution in [-0.2, 0) is 9.59 Å². The van der Waals surface area contributed by atoms with E-state index in [0.717, 1.165) is 13.1 Å². The van der Waals surface area contributed by atoms with E-state index in [2.05, 4.69) is 10.2 Å². The summed E-state index contributed by atoms with van der Waals surface area (Å²) in [5.74, 6) is -0.229. The minimum absolute atomic E-state index is 0.0448. The van der Waals surface area contributed by atoms with Gasteiger partial charge in [-0.05, 0) is 0 Å². The van der Waals surface area contributed by atoms with E-state index in [1.165, 1.54) is 4.90 Å². The Morgan fingerprint density at radius 2 is 1.95 bits per heavy atom. The van der Waals surface area contributed by atoms with Crippen LogP contribution in [0.25, 0.3) is 0 Å². The van der Waals surface area contributed by atoms with Crippen molar-refractivity contribution >= 4 is 11.8 Å². The van der Waals surface area contributed by atoms with E-state index in [9.17, 15) is 14.0 Å². The number of aliphatic hydroxyl groups excluding tert-OH is 1. The molecule has 2 N–H and O–H groups in total. The molecule has 0 aliphatic carbocycles. The molecule has 2 amide bonds. The fourth-order valence-electron chi connectivity index (χ4n) is 2.94. The summed E-state index contributed by atoms with van der Waals surface area (Å²) < 4.78 is 12.4. The Kier molecular flexibility index (Phi) is 6.53. The lowest BCUT2D eigenvalue weighted by atomic mass is 10.1. The van der Waals surface area contributed by atoms with Gasteiger partial charge in [-0.3, -0.25) is 14.5 Å². The largest absolute Gasteiger partial charge is 0.395 e. The van der Waals surface area contributed by atoms with Gasteiger partial charge in [0.05, 0.1) is 19.1 Å². The summed E-state index contributed by atoms with van der Waals surface area (Å²) in [6, 6.07) is -0.539. The highest BCUT2D eigenvalue weighted by Crippen LogP contribution is 2.09. The van der Waals surface area contributed by atoms with Gasteiger partial charge in [-0.2, -0.15) is 0 Å². The molecule has 1 atom stereocenters. The van der Waals surface area contributed by atoms with Crippen molar-refractivity contribution in [3.05, 3.63) is 0 Å². The molecule has 0 spiro atoms. The molecular formula is C14H25FN4O3. The van der Waals surface area contributed by atoms with E-state index in [4.69, 9.17) is 5.11 Å². The number of aliphatic hydroxyl groups is 1. The summed E-state index contributed by atoms with van der Waals surface area (Å²) in [7, 11) is 0. The fourth-order valence-corrected chi connectivity index (χ4v) is 2.94. The normalized spacial score (nSPS) is 23.9. The molecule has 0 aromatic carbocycles. The number of hydrogen-bond acceptors (Lipinski definition) is 5. The molecule has 2 saturated heterocycles. The van der Waals surface area contributed by atoms with Crippen molar-refractivity contribution in [1.82, 2.24) is 20.0 Å². The molecule has 22 heavy (non-hydrogen) atoms. The van der Waals surface area contributed by atoms with Crippen molar-refractivity contribution in [1.29, 1.82) is 0 Å². The molecule has 2 rings (SSSR count). The van der Waals surface area contributed by atoms with Crippen LogP contribution in [0, 0.1) is 0 Å². The van der Waals surface area contributed by atoms with Gasteiger partial charge in [-0.1, -0.05) is 0 Å². The number of carbonyl (C=O) groups is 2. The summed E-state index contributed by atoms with van der Waals surface area (Å²) >= 11 is 0. The molecule has 7 nitrogen and oxygen atoms in total. The summed E-state index contributed by atoms with van der Waals surface area (Å²) in [6.45, 7) is 4.10. The number of halogens is 1. The highest BCUT2D eigenvalue weighted by Gasteiger charge is 2.31. The molecule has 126 valence electrons. The van der Waals surface area contributed by atoms with Crippen LogP contribution in [0.2, 0.25) is 0 Å². The monoisotopic (exact) mass is 316 g/mol. The summed E-state index contributed by atoms with van der Waals surface area (Å²) in [5, 5.41) is 12.0. The average Bonchev–Trinajstić information content (AvgIpc) is 2.52. The quantitative estimate of drug-likeness (QED) is 0.610. The molecule has 0 radical (unpaired) electrons. The summed E-state index contributed by atoms with van der Waals surface area (Å²) in [5.41, 5.74) is 0. The number of nitrogens with zero attached hydrogens (tertiary/aromatic N) is 3. The smallest absolute Gasteiger partial charge is 0.240 e. The van der Waals surface area contributed by atoms with E-state index >= 15 is 0 Å². The predicted octanol–water partition coefficient (Wildman–Crippen LogP) is -1.72. The zero-order valence-corrected chi connectivity index (χ0v) is 12.8. The molecule has 8 heteroatoms. The number of β-amino-alcohol motifs (C(OH)–C–C–N with tert-alkyl or cyclic N) is 1. The first-order chi connectivity index (χ1) is 10.7. The lowest BCUT2D eigenvalue weighted by Gasteiger charge is -2.36. The highest BCUT2D eigenvalue weighted by molar-refractivity contribution is 5.89. The van der Waals surface area contributed by atoms with Gasteiger partial charge in [0.15, 0.2) is 0 Å². The molecule has 0 aromatic rings. The van der Waals surface area contributed by atoms with Crippen LogP contribution in [-0.4, -0.2) is 103 Å². The molecule has 0 bridgehead atoms. The Bertz CT molecular complexity index is 386. The lowest BCUT2D eigenvalue weighted by Crippen LogP contribution is -2.57. The second kappa shape index (κ2) is 8.40. The van der Waals surface area contributed by atoms with Crippen LogP contribution in [0.4, 0.5) is 4.39 Å². The van der Waals surface area contributed by atoms with Gasteiger partial charge in [0.1, 0.15) is 6.67 Å². The van der Waals surface area contributed by atoms with Crippen LogP contribution in [0.5, 0.6) is 0 Å². The molecule has 0 saturated carbocycles. The van der Waals surface area contributed by atoms with Crippen molar-refractivity contribution in [2.75, 3.05) is 65.6 Å². The third kappa shape index (κ3) is 4.37.